The highest BCUT2D eigenvalue weighted by Gasteiger charge is 2.17. The first-order valence-electron chi connectivity index (χ1n) is 7.04. The lowest BCUT2D eigenvalue weighted by molar-refractivity contribution is -0.122. The van der Waals surface area contributed by atoms with Crippen LogP contribution in [-0.4, -0.2) is 18.4 Å². The zero-order valence-electron chi connectivity index (χ0n) is 12.1. The molecule has 1 N–H and O–H groups in total. The number of hydrogen-bond acceptors (Lipinski definition) is 2. The lowest BCUT2D eigenvalue weighted by atomic mass is 9.96. The highest BCUT2D eigenvalue weighted by molar-refractivity contribution is 5.80. The van der Waals surface area contributed by atoms with Crippen molar-refractivity contribution in [3.8, 4) is 0 Å². The van der Waals surface area contributed by atoms with Gasteiger partial charge in [0.1, 0.15) is 11.6 Å². The van der Waals surface area contributed by atoms with Crippen molar-refractivity contribution < 1.29 is 9.18 Å². The van der Waals surface area contributed by atoms with Crippen LogP contribution in [-0.2, 0) is 11.2 Å². The predicted molar refractivity (Wildman–Crippen MR) is 76.6 cm³/mol. The summed E-state index contributed by atoms with van der Waals surface area (Å²) in [6.07, 6.45) is 2.03. The van der Waals surface area contributed by atoms with Crippen molar-refractivity contribution in [1.82, 2.24) is 5.32 Å². The molecule has 106 valence electrons. The van der Waals surface area contributed by atoms with Gasteiger partial charge in [0.15, 0.2) is 0 Å². The number of halogens is 1. The standard InChI is InChI=1S/C16H24FNO/c1-4-9-18-14(11-16(19)12(2)3)10-13-7-5-6-8-15(13)17/h5-8,12,14,18H,4,9-11H2,1-3H3. The van der Waals surface area contributed by atoms with Crippen LogP contribution in [0.3, 0.4) is 0 Å². The molecule has 19 heavy (non-hydrogen) atoms. The maximum absolute atomic E-state index is 13.7. The van der Waals surface area contributed by atoms with Crippen LogP contribution < -0.4 is 5.32 Å². The first-order valence-corrected chi connectivity index (χ1v) is 7.04. The third-order valence-electron chi connectivity index (χ3n) is 3.20. The molecule has 1 rings (SSSR count). The fourth-order valence-corrected chi connectivity index (χ4v) is 1.97. The average Bonchev–Trinajstić information content (AvgIpc) is 2.38. The van der Waals surface area contributed by atoms with Crippen LogP contribution in [0.15, 0.2) is 24.3 Å². The van der Waals surface area contributed by atoms with Crippen LogP contribution in [0.25, 0.3) is 0 Å². The third kappa shape index (κ3) is 5.52. The molecule has 1 atom stereocenters. The fraction of sp³-hybridized carbons (Fsp3) is 0.562. The predicted octanol–water partition coefficient (Wildman–Crippen LogP) is 3.35. The highest BCUT2D eigenvalue weighted by atomic mass is 19.1. The van der Waals surface area contributed by atoms with E-state index >= 15 is 0 Å². The maximum atomic E-state index is 13.7. The second-order valence-electron chi connectivity index (χ2n) is 5.27. The maximum Gasteiger partial charge on any atom is 0.136 e. The van der Waals surface area contributed by atoms with Crippen molar-refractivity contribution in [3.63, 3.8) is 0 Å². The summed E-state index contributed by atoms with van der Waals surface area (Å²) < 4.78 is 13.7. The fourth-order valence-electron chi connectivity index (χ4n) is 1.97. The summed E-state index contributed by atoms with van der Waals surface area (Å²) in [5.41, 5.74) is 0.674. The largest absolute Gasteiger partial charge is 0.313 e. The molecule has 0 spiro atoms. The number of benzene rings is 1. The van der Waals surface area contributed by atoms with Gasteiger partial charge in [0.05, 0.1) is 0 Å². The van der Waals surface area contributed by atoms with E-state index in [4.69, 9.17) is 0 Å². The van der Waals surface area contributed by atoms with Crippen LogP contribution >= 0.6 is 0 Å². The van der Waals surface area contributed by atoms with E-state index in [0.717, 1.165) is 13.0 Å². The smallest absolute Gasteiger partial charge is 0.136 e. The van der Waals surface area contributed by atoms with E-state index in [1.807, 2.05) is 19.9 Å². The van der Waals surface area contributed by atoms with Gasteiger partial charge in [-0.05, 0) is 31.0 Å². The minimum absolute atomic E-state index is 0.0201. The zero-order chi connectivity index (χ0) is 14.3. The molecule has 0 radical (unpaired) electrons. The SMILES string of the molecule is CCCNC(CC(=O)C(C)C)Cc1ccccc1F. The van der Waals surface area contributed by atoms with Gasteiger partial charge in [0.2, 0.25) is 0 Å². The van der Waals surface area contributed by atoms with E-state index in [1.165, 1.54) is 6.07 Å². The Labute approximate surface area is 115 Å². The van der Waals surface area contributed by atoms with Crippen molar-refractivity contribution in [1.29, 1.82) is 0 Å². The van der Waals surface area contributed by atoms with Crippen LogP contribution in [0.1, 0.15) is 39.2 Å². The molecule has 0 saturated heterocycles. The topological polar surface area (TPSA) is 29.1 Å². The third-order valence-corrected chi connectivity index (χ3v) is 3.20. The van der Waals surface area contributed by atoms with Gasteiger partial charge in [0, 0.05) is 18.4 Å². The summed E-state index contributed by atoms with van der Waals surface area (Å²) in [5.74, 6) is 0.0688. The second kappa shape index (κ2) is 8.05. The highest BCUT2D eigenvalue weighted by Crippen LogP contribution is 2.12. The quantitative estimate of drug-likeness (QED) is 0.781. The van der Waals surface area contributed by atoms with Crippen LogP contribution in [0.4, 0.5) is 4.39 Å². The van der Waals surface area contributed by atoms with E-state index < -0.39 is 0 Å². The van der Waals surface area contributed by atoms with Crippen LogP contribution in [0, 0.1) is 11.7 Å². The summed E-state index contributed by atoms with van der Waals surface area (Å²) in [7, 11) is 0. The lowest BCUT2D eigenvalue weighted by Gasteiger charge is -2.19. The first-order chi connectivity index (χ1) is 9.04. The number of carbonyl (C=O) groups is 1. The van der Waals surface area contributed by atoms with E-state index in [0.29, 0.717) is 18.4 Å². The van der Waals surface area contributed by atoms with Gasteiger partial charge < -0.3 is 5.32 Å². The second-order valence-corrected chi connectivity index (χ2v) is 5.27. The molecule has 0 bridgehead atoms. The summed E-state index contributed by atoms with van der Waals surface area (Å²) in [6, 6.07) is 6.80. The van der Waals surface area contributed by atoms with Gasteiger partial charge >= 0.3 is 0 Å². The monoisotopic (exact) mass is 265 g/mol. The van der Waals surface area contributed by atoms with Crippen LogP contribution in [0.5, 0.6) is 0 Å². The summed E-state index contributed by atoms with van der Waals surface area (Å²) in [6.45, 7) is 6.74. The molecule has 0 aliphatic rings. The van der Waals surface area contributed by atoms with Gasteiger partial charge in [-0.3, -0.25) is 4.79 Å². The van der Waals surface area contributed by atoms with Crippen LogP contribution in [0.2, 0.25) is 0 Å². The molecule has 1 unspecified atom stereocenters. The Balaban J connectivity index is 2.69. The zero-order valence-corrected chi connectivity index (χ0v) is 12.1. The minimum atomic E-state index is -0.192. The van der Waals surface area contributed by atoms with Crippen molar-refractivity contribution >= 4 is 5.78 Å². The molecule has 0 aliphatic heterocycles. The van der Waals surface area contributed by atoms with E-state index in [9.17, 15) is 9.18 Å². The Morgan fingerprint density at radius 3 is 2.58 bits per heavy atom. The summed E-state index contributed by atoms with van der Waals surface area (Å²) in [4.78, 5) is 11.9. The Kier molecular flexibility index (Phi) is 6.71. The number of Topliss-reactive ketones (excluding diaryl/α,β-unsaturated/α-hetero) is 1. The average molecular weight is 265 g/mol. The molecule has 0 fully saturated rings. The molecule has 0 aliphatic carbocycles. The molecular formula is C16H24FNO. The lowest BCUT2D eigenvalue weighted by Crippen LogP contribution is -2.35. The van der Waals surface area contributed by atoms with Crippen molar-refractivity contribution in [3.05, 3.63) is 35.6 Å². The molecule has 1 aromatic carbocycles. The molecular weight excluding hydrogens is 241 g/mol. The molecule has 1 aromatic rings. The number of nitrogens with one attached hydrogen (secondary N) is 1. The van der Waals surface area contributed by atoms with E-state index in [-0.39, 0.29) is 23.6 Å². The van der Waals surface area contributed by atoms with E-state index in [1.54, 1.807) is 12.1 Å². The Morgan fingerprint density at radius 1 is 1.32 bits per heavy atom. The van der Waals surface area contributed by atoms with Crippen molar-refractivity contribution in [2.45, 2.75) is 46.1 Å². The number of rotatable bonds is 8. The van der Waals surface area contributed by atoms with Gasteiger partial charge in [-0.2, -0.15) is 0 Å². The summed E-state index contributed by atoms with van der Waals surface area (Å²) in [5, 5.41) is 3.34. The number of carbonyl (C=O) groups excluding carboxylic acids is 1. The first kappa shape index (κ1) is 15.8. The molecule has 3 heteroatoms. The molecule has 2 nitrogen and oxygen atoms in total. The molecule has 0 saturated carbocycles. The van der Waals surface area contributed by atoms with Crippen molar-refractivity contribution in [2.75, 3.05) is 6.54 Å². The van der Waals surface area contributed by atoms with Gasteiger partial charge in [-0.15, -0.1) is 0 Å². The molecule has 0 amide bonds. The minimum Gasteiger partial charge on any atom is -0.313 e. The Bertz CT molecular complexity index is 403. The Morgan fingerprint density at radius 2 is 2.00 bits per heavy atom. The normalized spacial score (nSPS) is 12.7. The Hall–Kier alpha value is -1.22. The number of ketones is 1. The van der Waals surface area contributed by atoms with Crippen molar-refractivity contribution in [2.24, 2.45) is 5.92 Å². The van der Waals surface area contributed by atoms with Gasteiger partial charge in [-0.25, -0.2) is 4.39 Å². The van der Waals surface area contributed by atoms with Gasteiger partial charge in [-0.1, -0.05) is 39.0 Å². The van der Waals surface area contributed by atoms with Gasteiger partial charge in [0.25, 0.3) is 0 Å². The summed E-state index contributed by atoms with van der Waals surface area (Å²) >= 11 is 0. The number of hydrogen-bond donors (Lipinski definition) is 1. The molecule has 0 aromatic heterocycles. The van der Waals surface area contributed by atoms with E-state index in [2.05, 4.69) is 12.2 Å². The molecule has 0 heterocycles.